The molecule has 0 radical (unpaired) electrons. The Morgan fingerprint density at radius 1 is 1.22 bits per heavy atom. The van der Waals surface area contributed by atoms with Gasteiger partial charge in [-0.05, 0) is 43.0 Å². The zero-order valence-corrected chi connectivity index (χ0v) is 20.8. The lowest BCUT2D eigenvalue weighted by Crippen LogP contribution is -2.52. The summed E-state index contributed by atoms with van der Waals surface area (Å²) >= 11 is 5.80. The van der Waals surface area contributed by atoms with Gasteiger partial charge in [0.05, 0.1) is 0 Å². The van der Waals surface area contributed by atoms with Gasteiger partial charge < -0.3 is 21.3 Å². The lowest BCUT2D eigenvalue weighted by atomic mass is 9.95. The highest BCUT2D eigenvalue weighted by molar-refractivity contribution is 6.30. The van der Waals surface area contributed by atoms with Crippen molar-refractivity contribution in [2.75, 3.05) is 13.1 Å². The summed E-state index contributed by atoms with van der Waals surface area (Å²) in [6.07, 6.45) is 3.53. The minimum Gasteiger partial charge on any atom is -0.368 e. The highest BCUT2D eigenvalue weighted by Crippen LogP contribution is 2.32. The average Bonchev–Trinajstić information content (AvgIpc) is 3.50. The van der Waals surface area contributed by atoms with E-state index in [1.165, 1.54) is 29.2 Å². The number of carbonyl (C=O) groups is 4. The number of likely N-dealkylation sites (tertiary alicyclic amines) is 1. The summed E-state index contributed by atoms with van der Waals surface area (Å²) in [6, 6.07) is 11.7. The molecule has 4 rings (SSSR count). The first-order valence-corrected chi connectivity index (χ1v) is 12.5. The molecule has 4 atom stereocenters. The van der Waals surface area contributed by atoms with Gasteiger partial charge >= 0.3 is 0 Å². The number of carbonyl (C=O) groups excluding carboxylic acids is 4. The van der Waals surface area contributed by atoms with Gasteiger partial charge in [0.25, 0.3) is 0 Å². The van der Waals surface area contributed by atoms with Crippen molar-refractivity contribution in [3.05, 3.63) is 76.6 Å². The molecule has 2 aromatic carbocycles. The van der Waals surface area contributed by atoms with Crippen LogP contribution in [0.3, 0.4) is 0 Å². The van der Waals surface area contributed by atoms with Crippen molar-refractivity contribution < 1.29 is 23.6 Å². The van der Waals surface area contributed by atoms with Gasteiger partial charge in [0, 0.05) is 41.6 Å². The molecule has 0 spiro atoms. The lowest BCUT2D eigenvalue weighted by Gasteiger charge is -2.25. The standard InChI is InChI=1S/C27H28ClFN4O4/c28-20-8-6-17(21(29)14-20)7-9-24(34)33-15-19(16-4-2-1-3-5-16)13-23(33)27(37)32-22(25(30)35)12-18-10-11-31-26(18)36/h1-9,14,18-19,22-23H,10-13,15H2,(H2,30,35)(H,31,36)(H,32,37)/b9-7+/t18-,19+,22-,23?/m0/s1. The van der Waals surface area contributed by atoms with Crippen LogP contribution < -0.4 is 16.4 Å². The van der Waals surface area contributed by atoms with Crippen LogP contribution in [0.25, 0.3) is 6.08 Å². The maximum Gasteiger partial charge on any atom is 0.247 e. The normalized spacial score (nSPS) is 22.2. The van der Waals surface area contributed by atoms with Gasteiger partial charge in [-0.25, -0.2) is 4.39 Å². The summed E-state index contributed by atoms with van der Waals surface area (Å²) in [5, 5.41) is 5.61. The van der Waals surface area contributed by atoms with Crippen molar-refractivity contribution in [3.63, 3.8) is 0 Å². The summed E-state index contributed by atoms with van der Waals surface area (Å²) in [5.41, 5.74) is 6.69. The zero-order valence-electron chi connectivity index (χ0n) is 20.0. The van der Waals surface area contributed by atoms with E-state index in [9.17, 15) is 23.6 Å². The van der Waals surface area contributed by atoms with Gasteiger partial charge in [-0.3, -0.25) is 19.2 Å². The zero-order chi connectivity index (χ0) is 26.5. The Morgan fingerprint density at radius 2 is 1.97 bits per heavy atom. The number of nitrogens with two attached hydrogens (primary N) is 1. The molecule has 0 aromatic heterocycles. The molecule has 1 unspecified atom stereocenters. The van der Waals surface area contributed by atoms with Crippen LogP contribution in [-0.2, 0) is 19.2 Å². The quantitative estimate of drug-likeness (QED) is 0.457. The highest BCUT2D eigenvalue weighted by atomic mass is 35.5. The largest absolute Gasteiger partial charge is 0.368 e. The average molecular weight is 527 g/mol. The summed E-state index contributed by atoms with van der Waals surface area (Å²) < 4.78 is 14.2. The molecule has 4 N–H and O–H groups in total. The molecule has 10 heteroatoms. The van der Waals surface area contributed by atoms with Crippen molar-refractivity contribution in [2.24, 2.45) is 11.7 Å². The third-order valence-corrected chi connectivity index (χ3v) is 7.10. The minimum absolute atomic E-state index is 0.0887. The molecular weight excluding hydrogens is 499 g/mol. The van der Waals surface area contributed by atoms with E-state index >= 15 is 0 Å². The van der Waals surface area contributed by atoms with Crippen molar-refractivity contribution in [1.29, 1.82) is 0 Å². The van der Waals surface area contributed by atoms with Crippen LogP contribution in [0, 0.1) is 11.7 Å². The first kappa shape index (κ1) is 26.3. The molecule has 0 saturated carbocycles. The van der Waals surface area contributed by atoms with Gasteiger partial charge in [-0.15, -0.1) is 0 Å². The Morgan fingerprint density at radius 3 is 2.62 bits per heavy atom. The Balaban J connectivity index is 1.53. The third kappa shape index (κ3) is 6.35. The molecule has 194 valence electrons. The van der Waals surface area contributed by atoms with Crippen LogP contribution in [0.2, 0.25) is 5.02 Å². The first-order chi connectivity index (χ1) is 17.7. The summed E-state index contributed by atoms with van der Waals surface area (Å²) in [5.74, 6) is -3.04. The van der Waals surface area contributed by atoms with Gasteiger partial charge in [0.2, 0.25) is 23.6 Å². The number of benzene rings is 2. The molecule has 0 bridgehead atoms. The first-order valence-electron chi connectivity index (χ1n) is 12.1. The predicted octanol–water partition coefficient (Wildman–Crippen LogP) is 2.37. The molecule has 2 aromatic rings. The Hall–Kier alpha value is -3.72. The molecule has 2 saturated heterocycles. The van der Waals surface area contributed by atoms with Gasteiger partial charge in [0.1, 0.15) is 17.9 Å². The number of nitrogens with zero attached hydrogens (tertiary/aromatic N) is 1. The topological polar surface area (TPSA) is 122 Å². The Kier molecular flexibility index (Phi) is 8.23. The fraction of sp³-hybridized carbons (Fsp3) is 0.333. The Bertz CT molecular complexity index is 1220. The van der Waals surface area contributed by atoms with E-state index in [2.05, 4.69) is 10.6 Å². The second-order valence-corrected chi connectivity index (χ2v) is 9.76. The summed E-state index contributed by atoms with van der Waals surface area (Å²) in [6.45, 7) is 0.772. The molecule has 2 aliphatic heterocycles. The SMILES string of the molecule is NC(=O)[C@H](C[C@@H]1CCNC1=O)NC(=O)C1C[C@@H](c2ccccc2)CN1C(=O)/C=C/c1ccc(Cl)cc1F. The van der Waals surface area contributed by atoms with Crippen LogP contribution in [0.4, 0.5) is 4.39 Å². The molecule has 2 aliphatic rings. The van der Waals surface area contributed by atoms with E-state index < -0.39 is 41.5 Å². The maximum absolute atomic E-state index is 14.2. The predicted molar refractivity (Wildman–Crippen MR) is 137 cm³/mol. The van der Waals surface area contributed by atoms with E-state index in [-0.39, 0.29) is 35.4 Å². The fourth-order valence-corrected chi connectivity index (χ4v) is 5.02. The Labute approximate surface area is 219 Å². The number of nitrogens with one attached hydrogen (secondary N) is 2. The van der Waals surface area contributed by atoms with Crippen LogP contribution in [0.5, 0.6) is 0 Å². The lowest BCUT2D eigenvalue weighted by molar-refractivity contribution is -0.136. The van der Waals surface area contributed by atoms with E-state index in [4.69, 9.17) is 17.3 Å². The number of halogens is 2. The smallest absolute Gasteiger partial charge is 0.247 e. The van der Waals surface area contributed by atoms with Crippen LogP contribution in [0.15, 0.2) is 54.6 Å². The van der Waals surface area contributed by atoms with Crippen molar-refractivity contribution in [2.45, 2.75) is 37.3 Å². The van der Waals surface area contributed by atoms with Gasteiger partial charge in [-0.2, -0.15) is 0 Å². The molecule has 2 fully saturated rings. The molecule has 0 aliphatic carbocycles. The molecule has 2 heterocycles. The van der Waals surface area contributed by atoms with Crippen molar-refractivity contribution >= 4 is 41.3 Å². The molecular formula is C27H28ClFN4O4. The van der Waals surface area contributed by atoms with Crippen LogP contribution in [0.1, 0.15) is 36.3 Å². The van der Waals surface area contributed by atoms with Crippen LogP contribution >= 0.6 is 11.6 Å². The number of rotatable bonds is 8. The van der Waals surface area contributed by atoms with Gasteiger partial charge in [0.15, 0.2) is 0 Å². The van der Waals surface area contributed by atoms with E-state index in [1.54, 1.807) is 0 Å². The summed E-state index contributed by atoms with van der Waals surface area (Å²) in [4.78, 5) is 52.0. The number of primary amides is 1. The molecule has 8 nitrogen and oxygen atoms in total. The van der Waals surface area contributed by atoms with Crippen molar-refractivity contribution in [1.82, 2.24) is 15.5 Å². The highest BCUT2D eigenvalue weighted by Gasteiger charge is 2.41. The molecule has 37 heavy (non-hydrogen) atoms. The number of hydrogen-bond acceptors (Lipinski definition) is 4. The second-order valence-electron chi connectivity index (χ2n) is 9.32. The fourth-order valence-electron chi connectivity index (χ4n) is 4.86. The van der Waals surface area contributed by atoms with Crippen molar-refractivity contribution in [3.8, 4) is 0 Å². The van der Waals surface area contributed by atoms with Crippen LogP contribution in [-0.4, -0.2) is 53.7 Å². The maximum atomic E-state index is 14.2. The minimum atomic E-state index is -1.05. The third-order valence-electron chi connectivity index (χ3n) is 6.87. The molecule has 4 amide bonds. The van der Waals surface area contributed by atoms with E-state index in [0.29, 0.717) is 19.4 Å². The number of hydrogen-bond donors (Lipinski definition) is 3. The van der Waals surface area contributed by atoms with Gasteiger partial charge in [-0.1, -0.05) is 48.0 Å². The van der Waals surface area contributed by atoms with E-state index in [0.717, 1.165) is 11.6 Å². The van der Waals surface area contributed by atoms with E-state index in [1.807, 2.05) is 30.3 Å². The monoisotopic (exact) mass is 526 g/mol. The second kappa shape index (κ2) is 11.6. The summed E-state index contributed by atoms with van der Waals surface area (Å²) in [7, 11) is 0. The number of amides is 4.